The normalized spacial score (nSPS) is 34.2. The fourth-order valence-corrected chi connectivity index (χ4v) is 6.18. The smallest absolute Gasteiger partial charge is 0.353 e. The second-order valence-electron chi connectivity index (χ2n) is 7.93. The summed E-state index contributed by atoms with van der Waals surface area (Å²) in [4.78, 5) is 37.5. The van der Waals surface area contributed by atoms with Crippen LogP contribution in [0.3, 0.4) is 0 Å². The summed E-state index contributed by atoms with van der Waals surface area (Å²) in [6, 6.07) is -0.262. The minimum atomic E-state index is -1.12. The Morgan fingerprint density at radius 2 is 2.11 bits per heavy atom. The van der Waals surface area contributed by atoms with Crippen molar-refractivity contribution >= 4 is 29.5 Å². The highest BCUT2D eigenvalue weighted by molar-refractivity contribution is 8.03. The maximum Gasteiger partial charge on any atom is 0.353 e. The quantitative estimate of drug-likeness (QED) is 0.319. The Bertz CT molecular complexity index is 712. The molecule has 0 saturated carbocycles. The lowest BCUT2D eigenvalue weighted by Crippen LogP contribution is -2.63. The summed E-state index contributed by atoms with van der Waals surface area (Å²) in [5.41, 5.74) is 11.1. The molecular formula is C18H28N4O5S. The zero-order valence-corrected chi connectivity index (χ0v) is 16.8. The van der Waals surface area contributed by atoms with Gasteiger partial charge in [-0.05, 0) is 25.8 Å². The van der Waals surface area contributed by atoms with E-state index in [2.05, 4.69) is 5.32 Å². The number of carboxylic acids is 1. The minimum absolute atomic E-state index is 0.0420. The van der Waals surface area contributed by atoms with Crippen molar-refractivity contribution in [2.24, 2.45) is 29.2 Å². The first-order valence-corrected chi connectivity index (χ1v) is 10.4. The van der Waals surface area contributed by atoms with Gasteiger partial charge >= 0.3 is 5.97 Å². The number of thioether (sulfide) groups is 1. The number of carbonyl (C=O) groups excluding carboxylic acids is 2. The monoisotopic (exact) mass is 412 g/mol. The van der Waals surface area contributed by atoms with E-state index in [0.717, 1.165) is 6.42 Å². The topological polar surface area (TPSA) is 159 Å². The molecule has 3 aliphatic heterocycles. The van der Waals surface area contributed by atoms with Gasteiger partial charge in [-0.2, -0.15) is 0 Å². The molecule has 0 spiro atoms. The number of rotatable bonds is 8. The summed E-state index contributed by atoms with van der Waals surface area (Å²) < 4.78 is 0. The zero-order valence-electron chi connectivity index (χ0n) is 16.0. The molecule has 3 rings (SSSR count). The van der Waals surface area contributed by atoms with E-state index in [1.54, 1.807) is 6.92 Å². The molecule has 156 valence electrons. The van der Waals surface area contributed by atoms with Crippen molar-refractivity contribution in [2.75, 3.05) is 13.1 Å². The number of nitrogens with two attached hydrogens (primary N) is 2. The molecule has 0 bridgehead atoms. The number of carbonyl (C=O) groups is 3. The molecule has 0 aromatic heterocycles. The van der Waals surface area contributed by atoms with E-state index in [-0.39, 0.29) is 53.1 Å². The average molecular weight is 413 g/mol. The number of amides is 2. The number of β-lactam (4-membered cyclic amide) rings is 1. The van der Waals surface area contributed by atoms with E-state index in [1.165, 1.54) is 16.7 Å². The molecule has 10 heteroatoms. The second kappa shape index (κ2) is 8.02. The van der Waals surface area contributed by atoms with Gasteiger partial charge in [0.25, 0.3) is 0 Å². The molecule has 3 heterocycles. The third kappa shape index (κ3) is 3.54. The summed E-state index contributed by atoms with van der Waals surface area (Å²) in [5, 5.41) is 23.1. The van der Waals surface area contributed by atoms with Gasteiger partial charge < -0.3 is 31.9 Å². The molecule has 7 atom stereocenters. The molecule has 2 saturated heterocycles. The van der Waals surface area contributed by atoms with Crippen molar-refractivity contribution in [1.29, 1.82) is 0 Å². The summed E-state index contributed by atoms with van der Waals surface area (Å²) >= 11 is 1.48. The third-order valence-electron chi connectivity index (χ3n) is 6.06. The largest absolute Gasteiger partial charge is 0.477 e. The number of carboxylic acid groups (broad SMARTS) is 1. The highest BCUT2D eigenvalue weighted by Gasteiger charge is 2.60. The number of aliphatic hydroxyl groups is 1. The van der Waals surface area contributed by atoms with Crippen molar-refractivity contribution < 1.29 is 24.6 Å². The molecule has 0 aromatic carbocycles. The summed E-state index contributed by atoms with van der Waals surface area (Å²) in [5.74, 6) is -2.60. The summed E-state index contributed by atoms with van der Waals surface area (Å²) in [6.45, 7) is 4.48. The number of aliphatic hydroxyl groups excluding tert-OH is 1. The van der Waals surface area contributed by atoms with Crippen LogP contribution in [0.5, 0.6) is 0 Å². The van der Waals surface area contributed by atoms with Crippen molar-refractivity contribution in [1.82, 2.24) is 10.2 Å². The maximum absolute atomic E-state index is 12.4. The maximum atomic E-state index is 12.4. The fraction of sp³-hybridized carbons (Fsp3) is 0.722. The minimum Gasteiger partial charge on any atom is -0.477 e. The standard InChI is InChI=1S/C18H28N4O5S/c1-7-14-13(8(2)23)17(25)22(14)15(18(26)27)16(7)28-10-4-11(21-6-10)9(5-19)3-12(20)24/h7-11,13-14,21,23H,3-6,19H2,1-2H3,(H2,20,24)(H,26,27)/t7-,8-,9?,10+,11+,13-,14-/m1/s1. The molecule has 2 fully saturated rings. The molecule has 28 heavy (non-hydrogen) atoms. The molecular weight excluding hydrogens is 384 g/mol. The Balaban J connectivity index is 1.74. The predicted molar refractivity (Wildman–Crippen MR) is 104 cm³/mol. The number of aliphatic carboxylic acids is 1. The highest BCUT2D eigenvalue weighted by atomic mass is 32.2. The number of hydrogen-bond acceptors (Lipinski definition) is 7. The van der Waals surface area contributed by atoms with Crippen LogP contribution in [0.1, 0.15) is 26.7 Å². The van der Waals surface area contributed by atoms with E-state index in [9.17, 15) is 24.6 Å². The molecule has 9 nitrogen and oxygen atoms in total. The van der Waals surface area contributed by atoms with Crippen LogP contribution >= 0.6 is 11.8 Å². The van der Waals surface area contributed by atoms with E-state index >= 15 is 0 Å². The molecule has 0 aromatic rings. The number of hydrogen-bond donors (Lipinski definition) is 5. The summed E-state index contributed by atoms with van der Waals surface area (Å²) in [7, 11) is 0. The second-order valence-corrected chi connectivity index (χ2v) is 9.27. The number of nitrogens with one attached hydrogen (secondary N) is 1. The van der Waals surface area contributed by atoms with Crippen LogP contribution in [-0.2, 0) is 14.4 Å². The fourth-order valence-electron chi connectivity index (χ4n) is 4.69. The number of primary amides is 1. The predicted octanol–water partition coefficient (Wildman–Crippen LogP) is -0.946. The zero-order chi connectivity index (χ0) is 20.7. The van der Waals surface area contributed by atoms with Gasteiger partial charge in [-0.15, -0.1) is 11.8 Å². The lowest BCUT2D eigenvalue weighted by molar-refractivity contribution is -0.163. The van der Waals surface area contributed by atoms with Crippen LogP contribution in [0.2, 0.25) is 0 Å². The van der Waals surface area contributed by atoms with Crippen LogP contribution in [0, 0.1) is 17.8 Å². The Morgan fingerprint density at radius 3 is 2.64 bits per heavy atom. The van der Waals surface area contributed by atoms with Crippen molar-refractivity contribution in [2.45, 2.75) is 50.1 Å². The molecule has 7 N–H and O–H groups in total. The van der Waals surface area contributed by atoms with Crippen molar-refractivity contribution in [3.05, 3.63) is 10.6 Å². The van der Waals surface area contributed by atoms with Gasteiger partial charge in [-0.1, -0.05) is 6.92 Å². The van der Waals surface area contributed by atoms with Crippen LogP contribution in [0.25, 0.3) is 0 Å². The van der Waals surface area contributed by atoms with E-state index in [0.29, 0.717) is 18.0 Å². The highest BCUT2D eigenvalue weighted by Crippen LogP contribution is 2.51. The Kier molecular flexibility index (Phi) is 6.04. The molecule has 3 aliphatic rings. The first-order valence-electron chi connectivity index (χ1n) is 9.54. The van der Waals surface area contributed by atoms with E-state index in [1.807, 2.05) is 6.92 Å². The van der Waals surface area contributed by atoms with Crippen LogP contribution in [0.4, 0.5) is 0 Å². The van der Waals surface area contributed by atoms with Gasteiger partial charge in [0, 0.05) is 35.1 Å². The lowest BCUT2D eigenvalue weighted by Gasteiger charge is -2.46. The number of nitrogens with zero attached hydrogens (tertiary/aromatic N) is 1. The van der Waals surface area contributed by atoms with Gasteiger partial charge in [-0.25, -0.2) is 4.79 Å². The van der Waals surface area contributed by atoms with Crippen molar-refractivity contribution in [3.8, 4) is 0 Å². The summed E-state index contributed by atoms with van der Waals surface area (Å²) in [6.07, 6.45) is 0.138. The van der Waals surface area contributed by atoms with Gasteiger partial charge in [0.2, 0.25) is 11.8 Å². The Morgan fingerprint density at radius 1 is 1.43 bits per heavy atom. The first-order chi connectivity index (χ1) is 13.2. The third-order valence-corrected chi connectivity index (χ3v) is 7.58. The van der Waals surface area contributed by atoms with Gasteiger partial charge in [0.05, 0.1) is 18.1 Å². The van der Waals surface area contributed by atoms with E-state index in [4.69, 9.17) is 11.5 Å². The SMILES string of the molecule is C[C@@H](O)[C@H]1C(=O)N2C(C(=O)O)=C(S[C@@H]3CN[C@H](C(CN)CC(N)=O)C3)[C@H](C)[C@H]12. The van der Waals surface area contributed by atoms with Crippen molar-refractivity contribution in [3.63, 3.8) is 0 Å². The first kappa shape index (κ1) is 21.1. The van der Waals surface area contributed by atoms with Crippen LogP contribution in [-0.4, -0.2) is 69.4 Å². The van der Waals surface area contributed by atoms with Gasteiger partial charge in [0.15, 0.2) is 0 Å². The van der Waals surface area contributed by atoms with Gasteiger partial charge in [-0.3, -0.25) is 9.59 Å². The molecule has 1 unspecified atom stereocenters. The van der Waals surface area contributed by atoms with E-state index < -0.39 is 18.0 Å². The van der Waals surface area contributed by atoms with Crippen LogP contribution in [0.15, 0.2) is 10.6 Å². The van der Waals surface area contributed by atoms with Gasteiger partial charge in [0.1, 0.15) is 5.70 Å². The number of fused-ring (bicyclic) bond motifs is 1. The Hall–Kier alpha value is -1.62. The molecule has 0 aliphatic carbocycles. The Labute approximate surface area is 167 Å². The molecule has 0 radical (unpaired) electrons. The molecule has 2 amide bonds. The lowest BCUT2D eigenvalue weighted by atomic mass is 9.79. The average Bonchev–Trinajstić information content (AvgIpc) is 3.15. The van der Waals surface area contributed by atoms with Crippen LogP contribution < -0.4 is 16.8 Å².